The Labute approximate surface area is 190 Å². The van der Waals surface area contributed by atoms with Gasteiger partial charge >= 0.3 is 0 Å². The number of ether oxygens (including phenoxy) is 2. The number of aryl methyl sites for hydroxylation is 2. The predicted octanol–water partition coefficient (Wildman–Crippen LogP) is 2.86. The molecule has 0 N–H and O–H groups in total. The number of hydrogen-bond donors (Lipinski definition) is 0. The summed E-state index contributed by atoms with van der Waals surface area (Å²) in [6.07, 6.45) is 4.55. The van der Waals surface area contributed by atoms with Crippen LogP contribution < -0.4 is 15.2 Å². The molecule has 0 spiro atoms. The Morgan fingerprint density at radius 3 is 2.97 bits per heavy atom. The number of rotatable bonds is 8. The maximum Gasteiger partial charge on any atom is 0.287 e. The molecule has 0 aliphatic carbocycles. The van der Waals surface area contributed by atoms with E-state index in [-0.39, 0.29) is 16.7 Å². The highest BCUT2D eigenvalue weighted by atomic mass is 35.5. The van der Waals surface area contributed by atoms with Crippen LogP contribution in [0, 0.1) is 6.92 Å². The lowest BCUT2D eigenvalue weighted by molar-refractivity contribution is 0.177. The van der Waals surface area contributed by atoms with Gasteiger partial charge in [-0.25, -0.2) is 14.6 Å². The molecule has 0 unspecified atom stereocenters. The average molecular weight is 461 g/mol. The van der Waals surface area contributed by atoms with Crippen LogP contribution in [-0.2, 0) is 17.9 Å². The van der Waals surface area contributed by atoms with E-state index < -0.39 is 0 Å². The lowest BCUT2D eigenvalue weighted by Gasteiger charge is -2.20. The van der Waals surface area contributed by atoms with Gasteiger partial charge in [-0.2, -0.15) is 5.10 Å². The number of hydrogen-bond acceptors (Lipinski definition) is 9. The second kappa shape index (κ2) is 9.66. The third kappa shape index (κ3) is 4.46. The minimum absolute atomic E-state index is 0.117. The first-order chi connectivity index (χ1) is 15.5. The van der Waals surface area contributed by atoms with Crippen molar-refractivity contribution in [2.24, 2.45) is 0 Å². The van der Waals surface area contributed by atoms with Crippen molar-refractivity contribution < 1.29 is 14.0 Å². The minimum atomic E-state index is -0.271. The Morgan fingerprint density at radius 1 is 1.34 bits per heavy atom. The zero-order valence-electron chi connectivity index (χ0n) is 18.2. The monoisotopic (exact) mass is 460 g/mol. The van der Waals surface area contributed by atoms with Gasteiger partial charge in [0.1, 0.15) is 28.9 Å². The standard InChI is InChI=1S/C21H25ClN6O4/c1-4-6-28-21(29)20(22)17(9-25-28)27-7-5-14(10-27)31-18-8-15(23-12-24-18)19-13(2)32-26-16(19)11-30-3/h8-9,12,14H,4-7,10-11H2,1-3H3/t14-/m1/s1. The van der Waals surface area contributed by atoms with Crippen molar-refractivity contribution in [3.63, 3.8) is 0 Å². The van der Waals surface area contributed by atoms with Gasteiger partial charge in [-0.1, -0.05) is 23.7 Å². The molecule has 170 valence electrons. The van der Waals surface area contributed by atoms with Crippen LogP contribution in [0.3, 0.4) is 0 Å². The van der Waals surface area contributed by atoms with Gasteiger partial charge in [-0.3, -0.25) is 4.79 Å². The summed E-state index contributed by atoms with van der Waals surface area (Å²) in [6, 6.07) is 1.77. The molecule has 3 aromatic heterocycles. The molecule has 1 atom stereocenters. The van der Waals surface area contributed by atoms with E-state index in [0.717, 1.165) is 18.4 Å². The van der Waals surface area contributed by atoms with E-state index in [1.165, 1.54) is 11.0 Å². The summed E-state index contributed by atoms with van der Waals surface area (Å²) in [4.78, 5) is 23.0. The van der Waals surface area contributed by atoms with Crippen LogP contribution in [0.2, 0.25) is 5.02 Å². The summed E-state index contributed by atoms with van der Waals surface area (Å²) in [6.45, 7) is 5.93. The van der Waals surface area contributed by atoms with Gasteiger partial charge in [0.15, 0.2) is 0 Å². The number of aromatic nitrogens is 5. The lowest BCUT2D eigenvalue weighted by Crippen LogP contribution is -2.29. The number of nitrogens with zero attached hydrogens (tertiary/aromatic N) is 6. The number of anilines is 1. The van der Waals surface area contributed by atoms with Gasteiger partial charge in [0, 0.05) is 32.7 Å². The van der Waals surface area contributed by atoms with Crippen LogP contribution in [0.1, 0.15) is 31.2 Å². The summed E-state index contributed by atoms with van der Waals surface area (Å²) in [5, 5.41) is 8.47. The molecule has 3 aromatic rings. The molecule has 0 saturated carbocycles. The maximum atomic E-state index is 12.4. The molecule has 0 amide bonds. The Bertz CT molecular complexity index is 1150. The third-order valence-electron chi connectivity index (χ3n) is 5.29. The highest BCUT2D eigenvalue weighted by Gasteiger charge is 2.28. The summed E-state index contributed by atoms with van der Waals surface area (Å²) < 4.78 is 18.0. The van der Waals surface area contributed by atoms with Crippen LogP contribution >= 0.6 is 11.6 Å². The first-order valence-electron chi connectivity index (χ1n) is 10.5. The van der Waals surface area contributed by atoms with Crippen molar-refractivity contribution in [3.05, 3.63) is 45.4 Å². The number of halogens is 1. The van der Waals surface area contributed by atoms with Crippen LogP contribution in [0.15, 0.2) is 27.9 Å². The molecule has 1 fully saturated rings. The fraction of sp³-hybridized carbons (Fsp3) is 0.476. The van der Waals surface area contributed by atoms with Gasteiger partial charge in [0.25, 0.3) is 5.56 Å². The van der Waals surface area contributed by atoms with E-state index in [9.17, 15) is 4.79 Å². The van der Waals surface area contributed by atoms with Crippen LogP contribution in [0.25, 0.3) is 11.3 Å². The molecule has 4 rings (SSSR count). The minimum Gasteiger partial charge on any atom is -0.472 e. The third-order valence-corrected chi connectivity index (χ3v) is 5.64. The Balaban J connectivity index is 1.48. The Kier molecular flexibility index (Phi) is 6.71. The van der Waals surface area contributed by atoms with Crippen molar-refractivity contribution >= 4 is 17.3 Å². The fourth-order valence-electron chi connectivity index (χ4n) is 3.78. The predicted molar refractivity (Wildman–Crippen MR) is 118 cm³/mol. The van der Waals surface area contributed by atoms with Crippen LogP contribution in [-0.4, -0.2) is 51.2 Å². The van der Waals surface area contributed by atoms with Crippen molar-refractivity contribution in [3.8, 4) is 17.1 Å². The molecule has 0 radical (unpaired) electrons. The highest BCUT2D eigenvalue weighted by Crippen LogP contribution is 2.30. The summed E-state index contributed by atoms with van der Waals surface area (Å²) in [5.41, 5.74) is 2.45. The van der Waals surface area contributed by atoms with Gasteiger partial charge in [0.05, 0.1) is 36.3 Å². The molecule has 0 aromatic carbocycles. The largest absolute Gasteiger partial charge is 0.472 e. The fourth-order valence-corrected chi connectivity index (χ4v) is 4.05. The van der Waals surface area contributed by atoms with Crippen molar-refractivity contribution in [1.29, 1.82) is 0 Å². The summed E-state index contributed by atoms with van der Waals surface area (Å²) in [5.74, 6) is 1.10. The number of methoxy groups -OCH3 is 1. The molecule has 10 nitrogen and oxygen atoms in total. The van der Waals surface area contributed by atoms with Crippen molar-refractivity contribution in [2.45, 2.75) is 45.9 Å². The van der Waals surface area contributed by atoms with Gasteiger partial charge in [-0.15, -0.1) is 0 Å². The van der Waals surface area contributed by atoms with E-state index in [1.54, 1.807) is 19.4 Å². The van der Waals surface area contributed by atoms with Crippen LogP contribution in [0.5, 0.6) is 5.88 Å². The second-order valence-electron chi connectivity index (χ2n) is 7.58. The van der Waals surface area contributed by atoms with E-state index in [1.807, 2.05) is 18.7 Å². The first kappa shape index (κ1) is 22.2. The molecule has 32 heavy (non-hydrogen) atoms. The SMILES string of the molecule is CCCn1ncc(N2CC[C@@H](Oc3cc(-c4c(COC)noc4C)ncn3)C2)c(Cl)c1=O. The van der Waals surface area contributed by atoms with Gasteiger partial charge in [0.2, 0.25) is 5.88 Å². The molecular weight excluding hydrogens is 436 g/mol. The van der Waals surface area contributed by atoms with Gasteiger partial charge in [-0.05, 0) is 13.3 Å². The van der Waals surface area contributed by atoms with E-state index in [0.29, 0.717) is 55.0 Å². The van der Waals surface area contributed by atoms with E-state index >= 15 is 0 Å². The summed E-state index contributed by atoms with van der Waals surface area (Å²) >= 11 is 6.35. The summed E-state index contributed by atoms with van der Waals surface area (Å²) in [7, 11) is 1.60. The van der Waals surface area contributed by atoms with Crippen LogP contribution in [0.4, 0.5) is 5.69 Å². The van der Waals surface area contributed by atoms with Gasteiger partial charge < -0.3 is 18.9 Å². The normalized spacial score (nSPS) is 16.0. The average Bonchev–Trinajstić information content (AvgIpc) is 3.39. The lowest BCUT2D eigenvalue weighted by atomic mass is 10.1. The smallest absolute Gasteiger partial charge is 0.287 e. The topological polar surface area (TPSA) is 108 Å². The molecule has 11 heteroatoms. The maximum absolute atomic E-state index is 12.4. The van der Waals surface area contributed by atoms with E-state index in [4.69, 9.17) is 25.6 Å². The van der Waals surface area contributed by atoms with Crippen molar-refractivity contribution in [1.82, 2.24) is 24.9 Å². The zero-order chi connectivity index (χ0) is 22.7. The zero-order valence-corrected chi connectivity index (χ0v) is 19.0. The van der Waals surface area contributed by atoms with Crippen molar-refractivity contribution in [2.75, 3.05) is 25.1 Å². The second-order valence-corrected chi connectivity index (χ2v) is 7.96. The molecule has 1 aliphatic heterocycles. The Morgan fingerprint density at radius 2 is 2.19 bits per heavy atom. The molecule has 4 heterocycles. The first-order valence-corrected chi connectivity index (χ1v) is 10.8. The van der Waals surface area contributed by atoms with E-state index in [2.05, 4.69) is 20.2 Å². The molecule has 1 aliphatic rings. The Hall–Kier alpha value is -2.98. The highest BCUT2D eigenvalue weighted by molar-refractivity contribution is 6.33. The molecular formula is C21H25ClN6O4. The molecule has 1 saturated heterocycles. The quantitative estimate of drug-likeness (QED) is 0.501. The molecule has 0 bridgehead atoms.